The normalized spacial score (nSPS) is 15.5. The summed E-state index contributed by atoms with van der Waals surface area (Å²) in [5.41, 5.74) is 3.11. The van der Waals surface area contributed by atoms with Crippen molar-refractivity contribution in [2.24, 2.45) is 7.05 Å². The van der Waals surface area contributed by atoms with Crippen LogP contribution in [0.4, 0.5) is 4.39 Å². The second-order valence-corrected chi connectivity index (χ2v) is 7.14. The molecule has 134 valence electrons. The lowest BCUT2D eigenvalue weighted by molar-refractivity contribution is -0.131. The first-order chi connectivity index (χ1) is 12.6. The van der Waals surface area contributed by atoms with Gasteiger partial charge in [0.05, 0.1) is 6.42 Å². The molecule has 2 aromatic carbocycles. The molecule has 2 heterocycles. The summed E-state index contributed by atoms with van der Waals surface area (Å²) in [5, 5.41) is 1.31. The number of rotatable bonds is 3. The third kappa shape index (κ3) is 3.12. The molecule has 4 rings (SSSR count). The first-order valence-electron chi connectivity index (χ1n) is 9.18. The zero-order chi connectivity index (χ0) is 18.1. The fourth-order valence-electron chi connectivity index (χ4n) is 4.05. The van der Waals surface area contributed by atoms with Gasteiger partial charge in [0, 0.05) is 37.2 Å². The summed E-state index contributed by atoms with van der Waals surface area (Å²) in [7, 11) is 2.08. The zero-order valence-corrected chi connectivity index (χ0v) is 15.0. The molecule has 1 saturated heterocycles. The van der Waals surface area contributed by atoms with Crippen LogP contribution >= 0.6 is 0 Å². The second-order valence-electron chi connectivity index (χ2n) is 7.14. The zero-order valence-electron chi connectivity index (χ0n) is 15.0. The number of para-hydroxylation sites is 1. The van der Waals surface area contributed by atoms with Gasteiger partial charge in [-0.1, -0.05) is 36.4 Å². The van der Waals surface area contributed by atoms with Gasteiger partial charge in [-0.15, -0.1) is 0 Å². The van der Waals surface area contributed by atoms with Crippen LogP contribution in [0, 0.1) is 5.82 Å². The summed E-state index contributed by atoms with van der Waals surface area (Å²) in [5.74, 6) is 0.191. The van der Waals surface area contributed by atoms with E-state index in [1.807, 2.05) is 4.90 Å². The van der Waals surface area contributed by atoms with Gasteiger partial charge in [0.2, 0.25) is 5.91 Å². The number of hydrogen-bond donors (Lipinski definition) is 0. The SMILES string of the molecule is Cn1cc(C2CCN(C(=O)Cc3ccccc3F)CC2)c2ccccc21. The first kappa shape index (κ1) is 16.8. The second kappa shape index (κ2) is 6.94. The topological polar surface area (TPSA) is 25.2 Å². The largest absolute Gasteiger partial charge is 0.350 e. The third-order valence-electron chi connectivity index (χ3n) is 5.51. The van der Waals surface area contributed by atoms with E-state index in [1.54, 1.807) is 18.2 Å². The molecule has 26 heavy (non-hydrogen) atoms. The Morgan fingerprint density at radius 3 is 2.54 bits per heavy atom. The van der Waals surface area contributed by atoms with E-state index in [-0.39, 0.29) is 18.1 Å². The Labute approximate surface area is 153 Å². The highest BCUT2D eigenvalue weighted by Gasteiger charge is 2.26. The van der Waals surface area contributed by atoms with Crippen LogP contribution in [0.25, 0.3) is 10.9 Å². The predicted octanol–water partition coefficient (Wildman–Crippen LogP) is 4.27. The van der Waals surface area contributed by atoms with Crippen molar-refractivity contribution in [2.75, 3.05) is 13.1 Å². The molecule has 3 nitrogen and oxygen atoms in total. The predicted molar refractivity (Wildman–Crippen MR) is 102 cm³/mol. The Morgan fingerprint density at radius 2 is 1.77 bits per heavy atom. The van der Waals surface area contributed by atoms with E-state index >= 15 is 0 Å². The maximum Gasteiger partial charge on any atom is 0.227 e. The number of hydrogen-bond acceptors (Lipinski definition) is 1. The van der Waals surface area contributed by atoms with Crippen molar-refractivity contribution in [3.05, 3.63) is 71.7 Å². The number of halogens is 1. The molecule has 0 saturated carbocycles. The fraction of sp³-hybridized carbons (Fsp3) is 0.318. The summed E-state index contributed by atoms with van der Waals surface area (Å²) in [6.07, 6.45) is 4.28. The molecule has 0 bridgehead atoms. The smallest absolute Gasteiger partial charge is 0.227 e. The number of fused-ring (bicyclic) bond motifs is 1. The molecule has 0 aliphatic carbocycles. The van der Waals surface area contributed by atoms with Crippen molar-refractivity contribution in [2.45, 2.75) is 25.2 Å². The van der Waals surface area contributed by atoms with Gasteiger partial charge in [-0.25, -0.2) is 4.39 Å². The average Bonchev–Trinajstić information content (AvgIpc) is 3.01. The molecule has 1 fully saturated rings. The highest BCUT2D eigenvalue weighted by Crippen LogP contribution is 2.34. The summed E-state index contributed by atoms with van der Waals surface area (Å²) in [4.78, 5) is 14.4. The number of amides is 1. The molecule has 0 unspecified atom stereocenters. The van der Waals surface area contributed by atoms with E-state index in [2.05, 4.69) is 42.1 Å². The lowest BCUT2D eigenvalue weighted by atomic mass is 9.89. The highest BCUT2D eigenvalue weighted by atomic mass is 19.1. The quantitative estimate of drug-likeness (QED) is 0.693. The van der Waals surface area contributed by atoms with Crippen LogP contribution in [0.2, 0.25) is 0 Å². The average molecular weight is 350 g/mol. The molecule has 3 aromatic rings. The van der Waals surface area contributed by atoms with Crippen molar-refractivity contribution < 1.29 is 9.18 Å². The van der Waals surface area contributed by atoms with Gasteiger partial charge >= 0.3 is 0 Å². The number of carbonyl (C=O) groups excluding carboxylic acids is 1. The van der Waals surface area contributed by atoms with Gasteiger partial charge in [0.25, 0.3) is 0 Å². The first-order valence-corrected chi connectivity index (χ1v) is 9.18. The van der Waals surface area contributed by atoms with Crippen molar-refractivity contribution in [1.82, 2.24) is 9.47 Å². The minimum atomic E-state index is -0.300. The Balaban J connectivity index is 1.44. The van der Waals surface area contributed by atoms with Crippen molar-refractivity contribution in [1.29, 1.82) is 0 Å². The van der Waals surface area contributed by atoms with Gasteiger partial charge in [-0.2, -0.15) is 0 Å². The Morgan fingerprint density at radius 1 is 1.08 bits per heavy atom. The van der Waals surface area contributed by atoms with Crippen molar-refractivity contribution in [3.63, 3.8) is 0 Å². The van der Waals surface area contributed by atoms with E-state index in [0.717, 1.165) is 25.9 Å². The van der Waals surface area contributed by atoms with Gasteiger partial charge in [0.1, 0.15) is 5.82 Å². The number of benzene rings is 2. The van der Waals surface area contributed by atoms with Crippen LogP contribution in [0.15, 0.2) is 54.7 Å². The van der Waals surface area contributed by atoms with Crippen LogP contribution in [0.3, 0.4) is 0 Å². The van der Waals surface area contributed by atoms with Gasteiger partial charge in [-0.3, -0.25) is 4.79 Å². The van der Waals surface area contributed by atoms with E-state index < -0.39 is 0 Å². The summed E-state index contributed by atoms with van der Waals surface area (Å²) >= 11 is 0. The number of aromatic nitrogens is 1. The molecule has 1 aliphatic heterocycles. The lowest BCUT2D eigenvalue weighted by Gasteiger charge is -2.32. The van der Waals surface area contributed by atoms with Crippen LogP contribution in [-0.2, 0) is 18.3 Å². The van der Waals surface area contributed by atoms with Crippen LogP contribution in [0.1, 0.15) is 29.9 Å². The summed E-state index contributed by atoms with van der Waals surface area (Å²) < 4.78 is 16.0. The molecular weight excluding hydrogens is 327 g/mol. The number of likely N-dealkylation sites (tertiary alicyclic amines) is 1. The maximum atomic E-state index is 13.8. The molecule has 4 heteroatoms. The number of carbonyl (C=O) groups is 1. The van der Waals surface area contributed by atoms with Crippen molar-refractivity contribution >= 4 is 16.8 Å². The van der Waals surface area contributed by atoms with Crippen LogP contribution < -0.4 is 0 Å². The van der Waals surface area contributed by atoms with Gasteiger partial charge < -0.3 is 9.47 Å². The number of aryl methyl sites for hydroxylation is 1. The highest BCUT2D eigenvalue weighted by molar-refractivity contribution is 5.84. The molecule has 1 aromatic heterocycles. The van der Waals surface area contributed by atoms with E-state index in [1.165, 1.54) is 22.5 Å². The third-order valence-corrected chi connectivity index (χ3v) is 5.51. The Hall–Kier alpha value is -2.62. The van der Waals surface area contributed by atoms with Crippen LogP contribution in [-0.4, -0.2) is 28.5 Å². The standard InChI is InChI=1S/C22H23FN2O/c1-24-15-19(18-7-3-5-9-21(18)24)16-10-12-25(13-11-16)22(26)14-17-6-2-4-8-20(17)23/h2-9,15-16H,10-14H2,1H3. The maximum absolute atomic E-state index is 13.8. The van der Waals surface area contributed by atoms with E-state index in [9.17, 15) is 9.18 Å². The van der Waals surface area contributed by atoms with Crippen molar-refractivity contribution in [3.8, 4) is 0 Å². The number of nitrogens with zero attached hydrogens (tertiary/aromatic N) is 2. The molecule has 0 spiro atoms. The summed E-state index contributed by atoms with van der Waals surface area (Å²) in [6, 6.07) is 15.0. The van der Waals surface area contributed by atoms with Gasteiger partial charge in [0.15, 0.2) is 0 Å². The monoisotopic (exact) mass is 350 g/mol. The fourth-order valence-corrected chi connectivity index (χ4v) is 4.05. The molecule has 0 radical (unpaired) electrons. The molecular formula is C22H23FN2O. The Kier molecular flexibility index (Phi) is 4.49. The van der Waals surface area contributed by atoms with Crippen LogP contribution in [0.5, 0.6) is 0 Å². The molecule has 1 amide bonds. The lowest BCUT2D eigenvalue weighted by Crippen LogP contribution is -2.38. The Bertz CT molecular complexity index is 938. The molecule has 0 N–H and O–H groups in total. The summed E-state index contributed by atoms with van der Waals surface area (Å²) in [6.45, 7) is 1.47. The minimum absolute atomic E-state index is 0.0199. The molecule has 0 atom stereocenters. The minimum Gasteiger partial charge on any atom is -0.350 e. The van der Waals surface area contributed by atoms with E-state index in [0.29, 0.717) is 11.5 Å². The number of piperidine rings is 1. The molecule has 1 aliphatic rings. The van der Waals surface area contributed by atoms with E-state index in [4.69, 9.17) is 0 Å². The van der Waals surface area contributed by atoms with Gasteiger partial charge in [-0.05, 0) is 42.0 Å².